The third kappa shape index (κ3) is 3.73. The molecule has 0 spiro atoms. The minimum Gasteiger partial charge on any atom is -0.494 e. The van der Waals surface area contributed by atoms with Crippen molar-refractivity contribution in [1.29, 1.82) is 5.26 Å². The van der Waals surface area contributed by atoms with Crippen LogP contribution in [0.25, 0.3) is 0 Å². The number of carbonyl (C=O) groups excluding carboxylic acids is 1. The summed E-state index contributed by atoms with van der Waals surface area (Å²) in [6.07, 6.45) is 3.24. The van der Waals surface area contributed by atoms with Crippen LogP contribution in [0.1, 0.15) is 65.7 Å². The molecule has 2 aromatic rings. The number of nitriles is 1. The Balaban J connectivity index is 2.21. The van der Waals surface area contributed by atoms with Crippen LogP contribution in [0.4, 0.5) is 0 Å². The van der Waals surface area contributed by atoms with Gasteiger partial charge in [0.1, 0.15) is 11.6 Å². The van der Waals surface area contributed by atoms with Gasteiger partial charge in [-0.1, -0.05) is 36.0 Å². The molecule has 6 nitrogen and oxygen atoms in total. The minimum absolute atomic E-state index is 0.0932. The summed E-state index contributed by atoms with van der Waals surface area (Å²) >= 11 is 12.4. The van der Waals surface area contributed by atoms with Crippen LogP contribution >= 0.6 is 23.2 Å². The van der Waals surface area contributed by atoms with Gasteiger partial charge in [-0.05, 0) is 44.4 Å². The second-order valence-electron chi connectivity index (χ2n) is 6.95. The lowest BCUT2D eigenvalue weighted by Gasteiger charge is -2.20. The van der Waals surface area contributed by atoms with Crippen LogP contribution in [-0.2, 0) is 0 Å². The third-order valence-corrected chi connectivity index (χ3v) is 5.77. The lowest BCUT2D eigenvalue weighted by atomic mass is 9.96. The summed E-state index contributed by atoms with van der Waals surface area (Å²) in [6.45, 7) is 3.61. The number of halogens is 2. The predicted molar refractivity (Wildman–Crippen MR) is 110 cm³/mol. The molecule has 1 aliphatic carbocycles. The van der Waals surface area contributed by atoms with Gasteiger partial charge in [-0.25, -0.2) is 0 Å². The molecule has 0 atom stereocenters. The number of carbonyl (C=O) groups is 1. The fraction of sp³-hybridized carbons (Fsp3) is 0.381. The van der Waals surface area contributed by atoms with Gasteiger partial charge in [-0.3, -0.25) is 14.2 Å². The first kappa shape index (κ1) is 21.2. The van der Waals surface area contributed by atoms with Crippen molar-refractivity contribution in [3.63, 3.8) is 0 Å². The first-order valence-electron chi connectivity index (χ1n) is 9.36. The Morgan fingerprint density at radius 1 is 1.31 bits per heavy atom. The number of pyridine rings is 1. The van der Waals surface area contributed by atoms with Gasteiger partial charge in [0, 0.05) is 11.6 Å². The maximum absolute atomic E-state index is 13.3. The highest BCUT2D eigenvalue weighted by atomic mass is 35.5. The van der Waals surface area contributed by atoms with Crippen LogP contribution in [0.15, 0.2) is 16.9 Å². The average Bonchev–Trinajstić information content (AvgIpc) is 3.19. The summed E-state index contributed by atoms with van der Waals surface area (Å²) in [5, 5.41) is 20.7. The molecule has 1 N–H and O–H groups in total. The van der Waals surface area contributed by atoms with E-state index in [0.717, 1.165) is 12.8 Å². The predicted octanol–water partition coefficient (Wildman–Crippen LogP) is 4.79. The summed E-state index contributed by atoms with van der Waals surface area (Å²) in [6, 6.07) is 4.44. The van der Waals surface area contributed by atoms with Crippen molar-refractivity contribution >= 4 is 29.0 Å². The Morgan fingerprint density at radius 3 is 2.41 bits per heavy atom. The summed E-state index contributed by atoms with van der Waals surface area (Å²) in [5.41, 5.74) is -0.558. The number of benzene rings is 1. The molecule has 1 aromatic carbocycles. The van der Waals surface area contributed by atoms with Crippen LogP contribution in [0.2, 0.25) is 10.0 Å². The number of hydrogen-bond donors (Lipinski definition) is 1. The van der Waals surface area contributed by atoms with Gasteiger partial charge in [0.05, 0.1) is 22.2 Å². The summed E-state index contributed by atoms with van der Waals surface area (Å²) in [4.78, 5) is 26.0. The summed E-state index contributed by atoms with van der Waals surface area (Å²) in [7, 11) is 0. The largest absolute Gasteiger partial charge is 0.494 e. The lowest BCUT2D eigenvalue weighted by molar-refractivity contribution is 0.103. The Labute approximate surface area is 178 Å². The molecule has 0 saturated heterocycles. The Morgan fingerprint density at radius 2 is 1.90 bits per heavy atom. The van der Waals surface area contributed by atoms with Crippen molar-refractivity contribution in [2.24, 2.45) is 0 Å². The number of rotatable bonds is 5. The van der Waals surface area contributed by atoms with Gasteiger partial charge >= 0.3 is 0 Å². The van der Waals surface area contributed by atoms with E-state index in [1.807, 2.05) is 6.07 Å². The molecule has 1 saturated carbocycles. The van der Waals surface area contributed by atoms with E-state index in [0.29, 0.717) is 19.4 Å². The number of hydrogen-bond acceptors (Lipinski definition) is 5. The molecule has 1 aliphatic rings. The van der Waals surface area contributed by atoms with E-state index >= 15 is 0 Å². The van der Waals surface area contributed by atoms with Gasteiger partial charge in [-0.2, -0.15) is 5.26 Å². The second kappa shape index (κ2) is 8.48. The van der Waals surface area contributed by atoms with Crippen LogP contribution in [-0.4, -0.2) is 22.1 Å². The van der Waals surface area contributed by atoms with Gasteiger partial charge < -0.3 is 9.84 Å². The van der Waals surface area contributed by atoms with Crippen LogP contribution < -0.4 is 10.3 Å². The van der Waals surface area contributed by atoms with E-state index in [2.05, 4.69) is 0 Å². The summed E-state index contributed by atoms with van der Waals surface area (Å²) < 4.78 is 6.57. The summed E-state index contributed by atoms with van der Waals surface area (Å²) in [5.74, 6) is -0.735. The first-order valence-corrected chi connectivity index (χ1v) is 10.1. The Hall–Kier alpha value is -2.49. The molecule has 1 aromatic heterocycles. The maximum atomic E-state index is 13.3. The molecule has 0 aliphatic heterocycles. The molecule has 1 heterocycles. The highest BCUT2D eigenvalue weighted by molar-refractivity contribution is 6.38. The fourth-order valence-corrected chi connectivity index (χ4v) is 4.41. The molecule has 0 amide bonds. The average molecular weight is 435 g/mol. The quantitative estimate of drug-likeness (QED) is 0.682. The topological polar surface area (TPSA) is 92.3 Å². The lowest BCUT2D eigenvalue weighted by Crippen LogP contribution is -2.29. The SMILES string of the molecule is CCOc1c(Cl)cc(C(=O)c2c(C)c(C#N)c(=O)n(C3CCCC3)c2O)cc1Cl. The van der Waals surface area contributed by atoms with E-state index in [1.165, 1.54) is 23.6 Å². The Bertz CT molecular complexity index is 1060. The van der Waals surface area contributed by atoms with Crippen molar-refractivity contribution in [3.8, 4) is 17.7 Å². The van der Waals surface area contributed by atoms with Gasteiger partial charge in [-0.15, -0.1) is 0 Å². The molecule has 3 rings (SSSR count). The van der Waals surface area contributed by atoms with Crippen LogP contribution in [0, 0.1) is 18.3 Å². The molecule has 0 unspecified atom stereocenters. The molecule has 0 bridgehead atoms. The van der Waals surface area contributed by atoms with E-state index < -0.39 is 17.2 Å². The standard InChI is InChI=1S/C21H20Cl2N2O4/c1-3-29-19-15(22)8-12(9-16(19)23)18(26)17-11(2)14(10-24)20(27)25(21(17)28)13-6-4-5-7-13/h8-9,13,28H,3-7H2,1-2H3. The van der Waals surface area contributed by atoms with Gasteiger partial charge in [0.2, 0.25) is 5.88 Å². The van der Waals surface area contributed by atoms with Crippen LogP contribution in [0.5, 0.6) is 11.6 Å². The number of aromatic hydroxyl groups is 1. The second-order valence-corrected chi connectivity index (χ2v) is 7.77. The zero-order valence-corrected chi connectivity index (χ0v) is 17.6. The maximum Gasteiger partial charge on any atom is 0.271 e. The number of ether oxygens (including phenoxy) is 1. The molecule has 1 fully saturated rings. The fourth-order valence-electron chi connectivity index (χ4n) is 3.81. The highest BCUT2D eigenvalue weighted by Crippen LogP contribution is 2.37. The molecular formula is C21H20Cl2N2O4. The number of aromatic nitrogens is 1. The zero-order chi connectivity index (χ0) is 21.3. The van der Waals surface area contributed by atoms with E-state index in [4.69, 9.17) is 27.9 Å². The van der Waals surface area contributed by atoms with E-state index in [-0.39, 0.29) is 44.1 Å². The zero-order valence-electron chi connectivity index (χ0n) is 16.1. The van der Waals surface area contributed by atoms with Gasteiger partial charge in [0.15, 0.2) is 11.5 Å². The highest BCUT2D eigenvalue weighted by Gasteiger charge is 2.30. The normalized spacial score (nSPS) is 14.0. The molecule has 8 heteroatoms. The van der Waals surface area contributed by atoms with Crippen molar-refractivity contribution < 1.29 is 14.6 Å². The van der Waals surface area contributed by atoms with E-state index in [9.17, 15) is 20.0 Å². The van der Waals surface area contributed by atoms with E-state index in [1.54, 1.807) is 6.92 Å². The Kier molecular flexibility index (Phi) is 6.21. The van der Waals surface area contributed by atoms with Crippen molar-refractivity contribution in [2.75, 3.05) is 6.61 Å². The van der Waals surface area contributed by atoms with Crippen molar-refractivity contribution in [1.82, 2.24) is 4.57 Å². The molecule has 0 radical (unpaired) electrons. The van der Waals surface area contributed by atoms with Crippen molar-refractivity contribution in [2.45, 2.75) is 45.6 Å². The molecule has 152 valence electrons. The number of nitrogens with zero attached hydrogens (tertiary/aromatic N) is 2. The minimum atomic E-state index is -0.575. The van der Waals surface area contributed by atoms with Gasteiger partial charge in [0.25, 0.3) is 5.56 Å². The van der Waals surface area contributed by atoms with Crippen molar-refractivity contribution in [3.05, 3.63) is 54.8 Å². The smallest absolute Gasteiger partial charge is 0.271 e. The monoisotopic (exact) mass is 434 g/mol. The molecular weight excluding hydrogens is 415 g/mol. The third-order valence-electron chi connectivity index (χ3n) is 5.21. The van der Waals surface area contributed by atoms with Crippen LogP contribution in [0.3, 0.4) is 0 Å². The molecule has 29 heavy (non-hydrogen) atoms. The number of ketones is 1. The first-order chi connectivity index (χ1) is 13.8.